The smallest absolute Gasteiger partial charge is 0.333 e. The Labute approximate surface area is 516 Å². The zero-order chi connectivity index (χ0) is 61.9. The molecule has 4 aliphatic rings. The number of ether oxygens (including phenoxy) is 4. The maximum Gasteiger partial charge on any atom is 0.333 e. The van der Waals surface area contributed by atoms with Gasteiger partial charge in [0.25, 0.3) is 0 Å². The second kappa shape index (κ2) is 22.4. The highest BCUT2D eigenvalue weighted by atomic mass is 32.1. The van der Waals surface area contributed by atoms with Gasteiger partial charge in [-0.1, -0.05) is 121 Å². The van der Waals surface area contributed by atoms with E-state index < -0.39 is 63.4 Å². The first-order valence-corrected chi connectivity index (χ1v) is 29.6. The number of nitrogens with zero attached hydrogens (tertiary/aromatic N) is 4. The molecule has 89 heavy (non-hydrogen) atoms. The lowest BCUT2D eigenvalue weighted by molar-refractivity contribution is -0.166. The number of thiophene rings is 3. The third kappa shape index (κ3) is 9.04. The first-order valence-electron chi connectivity index (χ1n) is 27.1. The van der Waals surface area contributed by atoms with E-state index in [0.29, 0.717) is 22.3 Å². The number of allylic oxidation sites excluding steroid dienone is 3. The third-order valence-corrected chi connectivity index (χ3v) is 19.5. The number of rotatable bonds is 14. The normalized spacial score (nSPS) is 14.2. The predicted octanol–water partition coefficient (Wildman–Crippen LogP) is 11.9. The van der Waals surface area contributed by atoms with E-state index in [1.807, 2.05) is 24.3 Å². The molecule has 4 aliphatic carbocycles. The van der Waals surface area contributed by atoms with Crippen LogP contribution in [0.1, 0.15) is 112 Å². The highest BCUT2D eigenvalue weighted by molar-refractivity contribution is 7.32. The number of benzene rings is 6. The Balaban J connectivity index is 1.05. The van der Waals surface area contributed by atoms with Gasteiger partial charge in [0, 0.05) is 48.7 Å². The van der Waals surface area contributed by atoms with Gasteiger partial charge in [0.15, 0.2) is 23.1 Å². The molecule has 0 bridgehead atoms. The topological polar surface area (TPSA) is 269 Å². The van der Waals surface area contributed by atoms with Crippen molar-refractivity contribution in [2.24, 2.45) is 0 Å². The van der Waals surface area contributed by atoms with Crippen LogP contribution in [0.5, 0.6) is 0 Å². The average molecular weight is 1220 g/mol. The summed E-state index contributed by atoms with van der Waals surface area (Å²) >= 11 is 2.99. The first-order chi connectivity index (χ1) is 43.2. The predicted molar refractivity (Wildman–Crippen MR) is 324 cm³/mol. The summed E-state index contributed by atoms with van der Waals surface area (Å²) in [6.45, 7) is -1.42. The van der Waals surface area contributed by atoms with Crippen LogP contribution in [0.25, 0.3) is 31.3 Å². The molecule has 0 N–H and O–H groups in total. The molecule has 9 aromatic rings. The maximum atomic E-state index is 15.9. The summed E-state index contributed by atoms with van der Waals surface area (Å²) in [6.07, 6.45) is 3.86. The van der Waals surface area contributed by atoms with Crippen LogP contribution >= 0.6 is 34.0 Å². The molecule has 16 nitrogen and oxygen atoms in total. The molecule has 426 valence electrons. The van der Waals surface area contributed by atoms with Crippen molar-refractivity contribution in [3.63, 3.8) is 0 Å². The molecule has 0 saturated carbocycles. The summed E-state index contributed by atoms with van der Waals surface area (Å²) in [4.78, 5) is 122. The van der Waals surface area contributed by atoms with Crippen molar-refractivity contribution >= 4 is 103 Å². The van der Waals surface area contributed by atoms with Crippen LogP contribution in [0.15, 0.2) is 174 Å². The zero-order valence-corrected chi connectivity index (χ0v) is 48.4. The molecular formula is C70H36N4O12S3. The highest BCUT2D eigenvalue weighted by Gasteiger charge is 2.64. The van der Waals surface area contributed by atoms with Crippen LogP contribution in [-0.2, 0) is 75.4 Å². The number of carbonyl (C=O) groups is 8. The van der Waals surface area contributed by atoms with Gasteiger partial charge in [-0.2, -0.15) is 21.0 Å². The van der Waals surface area contributed by atoms with Gasteiger partial charge in [-0.05, 0) is 76.4 Å². The Morgan fingerprint density at radius 3 is 1.13 bits per heavy atom. The summed E-state index contributed by atoms with van der Waals surface area (Å²) in [6, 6.07) is 48.3. The number of hydrogen-bond donors (Lipinski definition) is 0. The van der Waals surface area contributed by atoms with E-state index in [1.54, 1.807) is 121 Å². The fourth-order valence-electron chi connectivity index (χ4n) is 11.5. The SMILES string of the molecule is N#Cc1cc2c(cc1C#N)C(=O)C(=CC1=Cc3sc4c5c(sc4c3C1(C(=O)OCc1ccccc1)C(=O)OCc1ccccc1)-c1sc(C=C3C(=O)c4cc(C#N)c(C#N)cc4C3=O)cc1C5(C(=O)OCc1ccccc1)C(=O)OCc1ccccc1)C2=O. The summed E-state index contributed by atoms with van der Waals surface area (Å²) < 4.78 is 25.2. The number of nitriles is 4. The van der Waals surface area contributed by atoms with Crippen LogP contribution in [0.3, 0.4) is 0 Å². The standard InChI is InChI=1S/C70H36N4O12S3/c71-29-41-21-47-48(22-42(41)30-72)58(76)51(57(47)75)25-45-26-54-55(69(45,65(79)83-33-37-13-5-1-6-14-37)66(80)84-34-38-15-7-2-8-16-38)62-64(88-54)56-63(89-62)61-53(28-46(87-61)27-52-59(77)49-23-43(31-73)44(32-74)24-50(49)60(52)78)70(56,67(81)85-35-39-17-9-3-10-18-39)68(82)86-36-40-19-11-4-12-20-40/h1-28H,33-36H2. The molecule has 0 spiro atoms. The molecule has 19 heteroatoms. The summed E-state index contributed by atoms with van der Waals surface area (Å²) in [5.74, 6) is -7.77. The Morgan fingerprint density at radius 2 is 0.764 bits per heavy atom. The minimum absolute atomic E-state index is 0.0353. The minimum atomic E-state index is -2.69. The molecule has 13 rings (SSSR count). The lowest BCUT2D eigenvalue weighted by Gasteiger charge is -2.28. The summed E-state index contributed by atoms with van der Waals surface area (Å²) in [7, 11) is 0. The molecule has 0 radical (unpaired) electrons. The van der Waals surface area contributed by atoms with Crippen molar-refractivity contribution in [1.29, 1.82) is 21.0 Å². The molecule has 0 unspecified atom stereocenters. The molecule has 0 saturated heterocycles. The van der Waals surface area contributed by atoms with Crippen molar-refractivity contribution < 1.29 is 57.3 Å². The van der Waals surface area contributed by atoms with E-state index in [4.69, 9.17) is 18.9 Å². The molecule has 0 amide bonds. The van der Waals surface area contributed by atoms with Crippen molar-refractivity contribution in [2.45, 2.75) is 37.3 Å². The Kier molecular flexibility index (Phi) is 14.2. The van der Waals surface area contributed by atoms with Crippen LogP contribution in [0.4, 0.5) is 0 Å². The second-order valence-corrected chi connectivity index (χ2v) is 24.0. The largest absolute Gasteiger partial charge is 0.459 e. The summed E-state index contributed by atoms with van der Waals surface area (Å²) in [5.41, 5.74) is -5.13. The number of esters is 4. The molecule has 0 atom stereocenters. The van der Waals surface area contributed by atoms with Gasteiger partial charge in [-0.25, -0.2) is 0 Å². The molecule has 0 aliphatic heterocycles. The van der Waals surface area contributed by atoms with Gasteiger partial charge in [0.1, 0.15) is 50.7 Å². The van der Waals surface area contributed by atoms with Crippen molar-refractivity contribution in [3.8, 4) is 34.0 Å². The maximum absolute atomic E-state index is 15.9. The first kappa shape index (κ1) is 56.5. The fourth-order valence-corrected chi connectivity index (χ4v) is 15.9. The van der Waals surface area contributed by atoms with Gasteiger partial charge < -0.3 is 18.9 Å². The molecule has 3 heterocycles. The average Bonchev–Trinajstić information content (AvgIpc) is 1.50. The van der Waals surface area contributed by atoms with Gasteiger partial charge in [0.05, 0.1) is 52.6 Å². The van der Waals surface area contributed by atoms with Crippen LogP contribution < -0.4 is 0 Å². The second-order valence-electron chi connectivity index (χ2n) is 20.8. The minimum Gasteiger partial charge on any atom is -0.459 e. The van der Waals surface area contributed by atoms with E-state index in [1.165, 1.54) is 30.4 Å². The van der Waals surface area contributed by atoms with E-state index in [9.17, 15) is 40.2 Å². The monoisotopic (exact) mass is 1220 g/mol. The molecular weight excluding hydrogens is 1180 g/mol. The van der Waals surface area contributed by atoms with Crippen LogP contribution in [0, 0.1) is 45.3 Å². The Bertz CT molecular complexity index is 4730. The lowest BCUT2D eigenvalue weighted by Crippen LogP contribution is -2.46. The van der Waals surface area contributed by atoms with Gasteiger partial charge in [0.2, 0.25) is 10.8 Å². The highest BCUT2D eigenvalue weighted by Crippen LogP contribution is 2.64. The molecule has 0 fully saturated rings. The van der Waals surface area contributed by atoms with Crippen LogP contribution in [0.2, 0.25) is 0 Å². The van der Waals surface area contributed by atoms with E-state index in [2.05, 4.69) is 0 Å². The van der Waals surface area contributed by atoms with Gasteiger partial charge in [-0.3, -0.25) is 38.4 Å². The number of fused-ring (bicyclic) bond motifs is 9. The Morgan fingerprint density at radius 1 is 0.416 bits per heavy atom. The van der Waals surface area contributed by atoms with Gasteiger partial charge in [-0.15, -0.1) is 34.0 Å². The lowest BCUT2D eigenvalue weighted by atomic mass is 9.76. The van der Waals surface area contributed by atoms with Crippen molar-refractivity contribution in [2.75, 3.05) is 0 Å². The van der Waals surface area contributed by atoms with Gasteiger partial charge >= 0.3 is 23.9 Å². The number of carbonyl (C=O) groups excluding carboxylic acids is 8. The fraction of sp³-hybridized carbons (Fsp3) is 0.0857. The Hall–Kier alpha value is -11.6. The van der Waals surface area contributed by atoms with Crippen LogP contribution in [-0.4, -0.2) is 47.0 Å². The van der Waals surface area contributed by atoms with E-state index >= 15 is 19.2 Å². The number of hydrogen-bond acceptors (Lipinski definition) is 19. The number of Topliss-reactive ketones (excluding diaryl/α,β-unsaturated/α-hetero) is 4. The number of ketones is 4. The zero-order valence-electron chi connectivity index (χ0n) is 45.9. The van der Waals surface area contributed by atoms with Crippen molar-refractivity contribution in [1.82, 2.24) is 0 Å². The van der Waals surface area contributed by atoms with Crippen molar-refractivity contribution in [3.05, 3.63) is 268 Å². The summed E-state index contributed by atoms with van der Waals surface area (Å²) in [5, 5.41) is 39.4. The van der Waals surface area contributed by atoms with E-state index in [-0.39, 0.29) is 128 Å². The quantitative estimate of drug-likeness (QED) is 0.0322. The molecule has 3 aromatic heterocycles. The van der Waals surface area contributed by atoms with E-state index in [0.717, 1.165) is 52.2 Å². The third-order valence-electron chi connectivity index (χ3n) is 15.8. The molecule has 6 aromatic carbocycles.